The van der Waals surface area contributed by atoms with Gasteiger partial charge in [0.1, 0.15) is 22.3 Å². The van der Waals surface area contributed by atoms with Crippen molar-refractivity contribution in [3.05, 3.63) is 211 Å². The molecular weight excluding hydrogens is 731 g/mol. The number of nitrogens with zero attached hydrogens (tertiary/aromatic N) is 1. The van der Waals surface area contributed by atoms with Gasteiger partial charge in [-0.15, -0.1) is 0 Å². The molecule has 1 aliphatic carbocycles. The largest absolute Gasteiger partial charge is 0.456 e. The van der Waals surface area contributed by atoms with Gasteiger partial charge in [0.15, 0.2) is 0 Å². The summed E-state index contributed by atoms with van der Waals surface area (Å²) in [6.07, 6.45) is 0. The first-order chi connectivity index (χ1) is 29.5. The monoisotopic (exact) mass is 769 g/mol. The minimum Gasteiger partial charge on any atom is -0.456 e. The average Bonchev–Trinajstić information content (AvgIpc) is 3.92. The fourth-order valence-electron chi connectivity index (χ4n) is 9.57. The number of benzene rings is 9. The van der Waals surface area contributed by atoms with E-state index in [9.17, 15) is 0 Å². The van der Waals surface area contributed by atoms with Crippen LogP contribution in [0.3, 0.4) is 0 Å². The molecule has 60 heavy (non-hydrogen) atoms. The van der Waals surface area contributed by atoms with E-state index in [1.807, 2.05) is 6.07 Å². The van der Waals surface area contributed by atoms with Crippen LogP contribution >= 0.6 is 0 Å². The van der Waals surface area contributed by atoms with Crippen molar-refractivity contribution in [1.82, 2.24) is 0 Å². The average molecular weight is 770 g/mol. The van der Waals surface area contributed by atoms with Crippen LogP contribution in [0.15, 0.2) is 209 Å². The van der Waals surface area contributed by atoms with E-state index in [1.165, 1.54) is 44.5 Å². The van der Waals surface area contributed by atoms with Crippen molar-refractivity contribution in [2.24, 2.45) is 0 Å². The lowest BCUT2D eigenvalue weighted by molar-refractivity contribution is 0.660. The van der Waals surface area contributed by atoms with Gasteiger partial charge in [-0.05, 0) is 122 Å². The molecule has 0 radical (unpaired) electrons. The molecule has 1 aliphatic rings. The van der Waals surface area contributed by atoms with E-state index in [1.54, 1.807) is 0 Å². The Kier molecular flexibility index (Phi) is 7.58. The summed E-state index contributed by atoms with van der Waals surface area (Å²) in [5.74, 6) is 0. The SMILES string of the molecule is CC1(C)c2ccccc2-c2ccc(N(c3cccc(-c4ccc(-c5ccccc5)cc4)c3)c3ccc4oc5cc6c(cc5c4c3)oc3cc(-c4ccccc4)ccc36)cc21. The van der Waals surface area contributed by atoms with E-state index >= 15 is 0 Å². The van der Waals surface area contributed by atoms with Crippen molar-refractivity contribution in [3.8, 4) is 44.5 Å². The highest BCUT2D eigenvalue weighted by Crippen LogP contribution is 2.51. The van der Waals surface area contributed by atoms with Gasteiger partial charge in [-0.3, -0.25) is 0 Å². The lowest BCUT2D eigenvalue weighted by Crippen LogP contribution is -2.16. The summed E-state index contributed by atoms with van der Waals surface area (Å²) < 4.78 is 13.2. The molecule has 0 amide bonds. The Morgan fingerprint density at radius 1 is 0.317 bits per heavy atom. The summed E-state index contributed by atoms with van der Waals surface area (Å²) in [7, 11) is 0. The van der Waals surface area contributed by atoms with Gasteiger partial charge in [-0.1, -0.05) is 147 Å². The zero-order valence-electron chi connectivity index (χ0n) is 33.3. The van der Waals surface area contributed by atoms with Gasteiger partial charge in [-0.2, -0.15) is 0 Å². The number of hydrogen-bond donors (Lipinski definition) is 0. The third-order valence-electron chi connectivity index (χ3n) is 12.7. The Hall–Kier alpha value is -7.62. The fraction of sp³-hybridized carbons (Fsp3) is 0.0526. The second-order valence-electron chi connectivity index (χ2n) is 16.5. The van der Waals surface area contributed by atoms with Gasteiger partial charge >= 0.3 is 0 Å². The van der Waals surface area contributed by atoms with E-state index in [0.29, 0.717) is 0 Å². The fourth-order valence-corrected chi connectivity index (χ4v) is 9.57. The van der Waals surface area contributed by atoms with Gasteiger partial charge in [-0.25, -0.2) is 0 Å². The highest BCUT2D eigenvalue weighted by Gasteiger charge is 2.35. The molecule has 0 spiro atoms. The zero-order chi connectivity index (χ0) is 40.0. The number of anilines is 3. The molecule has 284 valence electrons. The molecule has 0 aliphatic heterocycles. The third-order valence-corrected chi connectivity index (χ3v) is 12.7. The standard InChI is InChI=1S/C57H39NO2/c1-57(2)51-19-10-9-18-45(51)46-28-25-44(33-52(46)57)58(42-17-11-16-40(30-42)39-22-20-38(21-23-39)36-12-5-3-6-13-36)43-26-29-53-48(32-43)50-35-55-49(34-56(50)59-53)47-27-24-41(31-54(47)60-55)37-14-7-4-8-15-37/h3-35H,1-2H3. The van der Waals surface area contributed by atoms with Crippen molar-refractivity contribution in [1.29, 1.82) is 0 Å². The molecule has 11 aromatic rings. The van der Waals surface area contributed by atoms with Crippen LogP contribution in [0, 0.1) is 0 Å². The summed E-state index contributed by atoms with van der Waals surface area (Å²) >= 11 is 0. The lowest BCUT2D eigenvalue weighted by atomic mass is 9.82. The highest BCUT2D eigenvalue weighted by molar-refractivity contribution is 6.15. The number of rotatable bonds is 6. The Labute approximate surface area is 348 Å². The maximum absolute atomic E-state index is 6.60. The molecule has 3 heteroatoms. The van der Waals surface area contributed by atoms with Crippen molar-refractivity contribution < 1.29 is 8.83 Å². The van der Waals surface area contributed by atoms with Crippen LogP contribution in [-0.2, 0) is 5.41 Å². The van der Waals surface area contributed by atoms with Crippen molar-refractivity contribution in [2.75, 3.05) is 4.90 Å². The van der Waals surface area contributed by atoms with Crippen molar-refractivity contribution in [3.63, 3.8) is 0 Å². The Morgan fingerprint density at radius 2 is 0.817 bits per heavy atom. The Morgan fingerprint density at radius 3 is 1.58 bits per heavy atom. The lowest BCUT2D eigenvalue weighted by Gasteiger charge is -2.28. The third kappa shape index (κ3) is 5.43. The quantitative estimate of drug-likeness (QED) is 0.169. The molecule has 9 aromatic carbocycles. The first kappa shape index (κ1) is 34.4. The summed E-state index contributed by atoms with van der Waals surface area (Å²) in [5, 5.41) is 4.20. The van der Waals surface area contributed by atoms with Crippen LogP contribution in [0.1, 0.15) is 25.0 Å². The maximum atomic E-state index is 6.60. The molecule has 3 nitrogen and oxygen atoms in total. The molecule has 2 heterocycles. The number of fused-ring (bicyclic) bond motifs is 9. The molecule has 0 unspecified atom stereocenters. The second-order valence-corrected chi connectivity index (χ2v) is 16.5. The van der Waals surface area contributed by atoms with Gasteiger partial charge < -0.3 is 13.7 Å². The minimum atomic E-state index is -0.138. The second kappa shape index (κ2) is 13.2. The van der Waals surface area contributed by atoms with E-state index in [4.69, 9.17) is 8.83 Å². The van der Waals surface area contributed by atoms with E-state index in [-0.39, 0.29) is 5.41 Å². The molecular formula is C57H39NO2. The molecule has 2 aromatic heterocycles. The Balaban J connectivity index is 1.00. The molecule has 0 fully saturated rings. The van der Waals surface area contributed by atoms with E-state index < -0.39 is 0 Å². The molecule has 0 saturated heterocycles. The summed E-state index contributed by atoms with van der Waals surface area (Å²) in [5.41, 5.74) is 18.8. The van der Waals surface area contributed by atoms with Crippen LogP contribution in [0.2, 0.25) is 0 Å². The molecule has 0 bridgehead atoms. The highest BCUT2D eigenvalue weighted by atomic mass is 16.3. The van der Waals surface area contributed by atoms with Crippen LogP contribution in [0.4, 0.5) is 17.1 Å². The van der Waals surface area contributed by atoms with Gasteiger partial charge in [0.2, 0.25) is 0 Å². The van der Waals surface area contributed by atoms with E-state index in [2.05, 4.69) is 213 Å². The normalized spacial score (nSPS) is 13.0. The van der Waals surface area contributed by atoms with Crippen LogP contribution in [0.25, 0.3) is 88.4 Å². The zero-order valence-corrected chi connectivity index (χ0v) is 33.3. The predicted molar refractivity (Wildman–Crippen MR) is 250 cm³/mol. The summed E-state index contributed by atoms with van der Waals surface area (Å²) in [6, 6.07) is 71.9. The van der Waals surface area contributed by atoms with Crippen LogP contribution < -0.4 is 4.90 Å². The van der Waals surface area contributed by atoms with E-state index in [0.717, 1.165) is 72.1 Å². The van der Waals surface area contributed by atoms with Crippen LogP contribution in [-0.4, -0.2) is 0 Å². The molecule has 12 rings (SSSR count). The summed E-state index contributed by atoms with van der Waals surface area (Å²) in [6.45, 7) is 4.69. The summed E-state index contributed by atoms with van der Waals surface area (Å²) in [4.78, 5) is 2.39. The number of furan rings is 2. The first-order valence-electron chi connectivity index (χ1n) is 20.6. The molecule has 0 N–H and O–H groups in total. The predicted octanol–water partition coefficient (Wildman–Crippen LogP) is 16.3. The Bertz CT molecular complexity index is 3450. The molecule has 0 atom stereocenters. The topological polar surface area (TPSA) is 29.5 Å². The van der Waals surface area contributed by atoms with Crippen molar-refractivity contribution >= 4 is 60.9 Å². The minimum absolute atomic E-state index is 0.138. The smallest absolute Gasteiger partial charge is 0.136 e. The van der Waals surface area contributed by atoms with Gasteiger partial charge in [0.05, 0.1) is 0 Å². The maximum Gasteiger partial charge on any atom is 0.136 e. The molecule has 0 saturated carbocycles. The van der Waals surface area contributed by atoms with Crippen molar-refractivity contribution in [2.45, 2.75) is 19.3 Å². The van der Waals surface area contributed by atoms with Gasteiger partial charge in [0.25, 0.3) is 0 Å². The van der Waals surface area contributed by atoms with Crippen LogP contribution in [0.5, 0.6) is 0 Å². The van der Waals surface area contributed by atoms with Gasteiger partial charge in [0, 0.05) is 44.0 Å². The first-order valence-corrected chi connectivity index (χ1v) is 20.6. The number of hydrogen-bond acceptors (Lipinski definition) is 3.